The van der Waals surface area contributed by atoms with Crippen molar-refractivity contribution in [1.29, 1.82) is 0 Å². The molecule has 0 atom stereocenters. The number of amides is 1. The first-order valence-electron chi connectivity index (χ1n) is 11.0. The lowest BCUT2D eigenvalue weighted by atomic mass is 9.97. The van der Waals surface area contributed by atoms with Crippen molar-refractivity contribution in [1.82, 2.24) is 4.31 Å². The van der Waals surface area contributed by atoms with Crippen LogP contribution in [0.1, 0.15) is 36.0 Å². The summed E-state index contributed by atoms with van der Waals surface area (Å²) in [5.74, 6) is -0.511. The molecule has 0 aromatic heterocycles. The van der Waals surface area contributed by atoms with Crippen molar-refractivity contribution in [3.63, 3.8) is 0 Å². The minimum Gasteiger partial charge on any atom is -0.326 e. The predicted molar refractivity (Wildman–Crippen MR) is 128 cm³/mol. The summed E-state index contributed by atoms with van der Waals surface area (Å²) in [6.45, 7) is 2.34. The summed E-state index contributed by atoms with van der Waals surface area (Å²) in [6.07, 6.45) is 4.91. The van der Waals surface area contributed by atoms with Crippen molar-refractivity contribution >= 4 is 37.3 Å². The lowest BCUT2D eigenvalue weighted by Gasteiger charge is -2.30. The van der Waals surface area contributed by atoms with Crippen LogP contribution in [0, 0.1) is 12.8 Å². The van der Waals surface area contributed by atoms with Gasteiger partial charge in [0.1, 0.15) is 0 Å². The molecule has 1 fully saturated rings. The molecule has 178 valence electrons. The van der Waals surface area contributed by atoms with E-state index in [-0.39, 0.29) is 24.9 Å². The zero-order valence-electron chi connectivity index (χ0n) is 18.8. The first-order valence-corrected chi connectivity index (χ1v) is 14.4. The number of carbonyl (C=O) groups excluding carboxylic acids is 1. The average Bonchev–Trinajstić information content (AvgIpc) is 3.23. The molecule has 1 heterocycles. The van der Waals surface area contributed by atoms with Crippen molar-refractivity contribution in [2.24, 2.45) is 5.92 Å². The molecule has 1 saturated heterocycles. The third-order valence-corrected chi connectivity index (χ3v) is 8.82. The van der Waals surface area contributed by atoms with Gasteiger partial charge in [-0.1, -0.05) is 12.1 Å². The lowest BCUT2D eigenvalue weighted by Crippen LogP contribution is -2.41. The largest absolute Gasteiger partial charge is 0.326 e. The zero-order chi connectivity index (χ0) is 23.8. The number of hydrogen-bond donors (Lipinski definition) is 2. The minimum atomic E-state index is -3.58. The van der Waals surface area contributed by atoms with E-state index in [0.717, 1.165) is 36.6 Å². The number of aryl methyl sites for hydroxylation is 3. The Morgan fingerprint density at radius 2 is 1.67 bits per heavy atom. The van der Waals surface area contributed by atoms with E-state index < -0.39 is 20.0 Å². The summed E-state index contributed by atoms with van der Waals surface area (Å²) in [5, 5.41) is 2.84. The number of carbonyl (C=O) groups is 1. The van der Waals surface area contributed by atoms with Gasteiger partial charge in [-0.15, -0.1) is 0 Å². The van der Waals surface area contributed by atoms with Gasteiger partial charge in [-0.05, 0) is 80.0 Å². The lowest BCUT2D eigenvalue weighted by molar-refractivity contribution is -0.120. The molecule has 4 rings (SSSR count). The number of sulfonamides is 2. The second kappa shape index (κ2) is 9.08. The number of benzene rings is 2. The molecule has 8 nitrogen and oxygen atoms in total. The topological polar surface area (TPSA) is 113 Å². The Morgan fingerprint density at radius 3 is 2.36 bits per heavy atom. The van der Waals surface area contributed by atoms with Crippen molar-refractivity contribution in [2.45, 2.75) is 43.9 Å². The Bertz CT molecular complexity index is 1280. The fraction of sp³-hybridized carbons (Fsp3) is 0.435. The van der Waals surface area contributed by atoms with E-state index in [4.69, 9.17) is 0 Å². The summed E-state index contributed by atoms with van der Waals surface area (Å²) in [4.78, 5) is 13.1. The van der Waals surface area contributed by atoms with E-state index in [1.54, 1.807) is 37.3 Å². The van der Waals surface area contributed by atoms with E-state index in [9.17, 15) is 21.6 Å². The van der Waals surface area contributed by atoms with E-state index in [2.05, 4.69) is 10.0 Å². The molecule has 0 unspecified atom stereocenters. The summed E-state index contributed by atoms with van der Waals surface area (Å²) in [6, 6.07) is 10.4. The van der Waals surface area contributed by atoms with Crippen LogP contribution in [0.4, 0.5) is 11.4 Å². The molecule has 2 aromatic carbocycles. The van der Waals surface area contributed by atoms with Crippen LogP contribution in [0.15, 0.2) is 41.3 Å². The van der Waals surface area contributed by atoms with Crippen molar-refractivity contribution < 1.29 is 21.6 Å². The Labute approximate surface area is 195 Å². The molecule has 1 amide bonds. The van der Waals surface area contributed by atoms with Crippen LogP contribution in [-0.4, -0.2) is 46.4 Å². The summed E-state index contributed by atoms with van der Waals surface area (Å²) >= 11 is 0. The highest BCUT2D eigenvalue weighted by atomic mass is 32.2. The van der Waals surface area contributed by atoms with Crippen molar-refractivity contribution in [3.05, 3.63) is 53.1 Å². The molecule has 1 aliphatic heterocycles. The number of nitrogens with one attached hydrogen (secondary N) is 2. The number of piperidine rings is 1. The maximum absolute atomic E-state index is 13.1. The minimum absolute atomic E-state index is 0.196. The Balaban J connectivity index is 1.39. The first kappa shape index (κ1) is 23.7. The quantitative estimate of drug-likeness (QED) is 0.645. The van der Waals surface area contributed by atoms with Gasteiger partial charge in [0.2, 0.25) is 26.0 Å². The summed E-state index contributed by atoms with van der Waals surface area (Å²) < 4.78 is 53.2. The summed E-state index contributed by atoms with van der Waals surface area (Å²) in [7, 11) is -7.02. The van der Waals surface area contributed by atoms with Gasteiger partial charge in [0.15, 0.2) is 0 Å². The maximum atomic E-state index is 13.1. The Kier molecular flexibility index (Phi) is 6.52. The number of rotatable bonds is 6. The van der Waals surface area contributed by atoms with Gasteiger partial charge in [0.25, 0.3) is 0 Å². The van der Waals surface area contributed by atoms with Gasteiger partial charge in [0.05, 0.1) is 16.8 Å². The van der Waals surface area contributed by atoms with Gasteiger partial charge in [-0.2, -0.15) is 4.31 Å². The van der Waals surface area contributed by atoms with E-state index in [0.29, 0.717) is 29.1 Å². The number of hydrogen-bond acceptors (Lipinski definition) is 5. The van der Waals surface area contributed by atoms with Gasteiger partial charge in [0, 0.05) is 24.7 Å². The summed E-state index contributed by atoms with van der Waals surface area (Å²) in [5.41, 5.74) is 3.99. The molecule has 0 bridgehead atoms. The monoisotopic (exact) mass is 491 g/mol. The van der Waals surface area contributed by atoms with Gasteiger partial charge in [-0.25, -0.2) is 16.8 Å². The highest BCUT2D eigenvalue weighted by Crippen LogP contribution is 2.29. The number of nitrogens with zero attached hydrogens (tertiary/aromatic N) is 1. The van der Waals surface area contributed by atoms with Crippen LogP contribution in [0.3, 0.4) is 0 Å². The first-order chi connectivity index (χ1) is 15.5. The van der Waals surface area contributed by atoms with Crippen LogP contribution < -0.4 is 10.0 Å². The Morgan fingerprint density at radius 1 is 0.970 bits per heavy atom. The fourth-order valence-corrected chi connectivity index (χ4v) is 6.61. The fourth-order valence-electron chi connectivity index (χ4n) is 4.47. The molecule has 0 radical (unpaired) electrons. The predicted octanol–water partition coefficient (Wildman–Crippen LogP) is 2.89. The second-order valence-corrected chi connectivity index (χ2v) is 12.5. The van der Waals surface area contributed by atoms with Crippen LogP contribution in [0.5, 0.6) is 0 Å². The van der Waals surface area contributed by atoms with Gasteiger partial charge >= 0.3 is 0 Å². The average molecular weight is 492 g/mol. The smallest absolute Gasteiger partial charge is 0.243 e. The molecule has 1 aliphatic carbocycles. The molecule has 0 spiro atoms. The molecule has 0 saturated carbocycles. The normalized spacial score (nSPS) is 17.5. The number of fused-ring (bicyclic) bond motifs is 1. The van der Waals surface area contributed by atoms with E-state index in [1.165, 1.54) is 9.87 Å². The molecular weight excluding hydrogens is 462 g/mol. The highest BCUT2D eigenvalue weighted by molar-refractivity contribution is 7.92. The van der Waals surface area contributed by atoms with Gasteiger partial charge < -0.3 is 5.32 Å². The molecular formula is C23H29N3O5S2. The highest BCUT2D eigenvalue weighted by Gasteiger charge is 2.32. The maximum Gasteiger partial charge on any atom is 0.243 e. The molecule has 2 aliphatic rings. The zero-order valence-corrected chi connectivity index (χ0v) is 20.4. The molecule has 10 heteroatoms. The SMILES string of the molecule is Cc1ccc(NC(=O)C2CCN(S(=O)(=O)c3ccc4c(c3)CCC4)CC2)cc1NS(C)(=O)=O. The van der Waals surface area contributed by atoms with E-state index >= 15 is 0 Å². The second-order valence-electron chi connectivity index (χ2n) is 8.86. The Hall–Kier alpha value is -2.43. The molecule has 2 aromatic rings. The van der Waals surface area contributed by atoms with Crippen molar-refractivity contribution in [3.8, 4) is 0 Å². The number of anilines is 2. The van der Waals surface area contributed by atoms with Crippen LogP contribution >= 0.6 is 0 Å². The molecule has 33 heavy (non-hydrogen) atoms. The standard InChI is InChI=1S/C23H29N3O5S2/c1-16-6-8-20(15-22(16)25-32(2,28)29)24-23(27)18-10-12-26(13-11-18)33(30,31)21-9-7-17-4-3-5-19(17)14-21/h6-9,14-15,18,25H,3-5,10-13H2,1-2H3,(H,24,27). The van der Waals surface area contributed by atoms with Crippen LogP contribution in [0.25, 0.3) is 0 Å². The van der Waals surface area contributed by atoms with E-state index in [1.807, 2.05) is 6.07 Å². The molecule has 2 N–H and O–H groups in total. The third kappa shape index (κ3) is 5.39. The van der Waals surface area contributed by atoms with Crippen molar-refractivity contribution in [2.75, 3.05) is 29.4 Å². The van der Waals surface area contributed by atoms with Crippen LogP contribution in [-0.2, 0) is 37.7 Å². The van der Waals surface area contributed by atoms with Gasteiger partial charge in [-0.3, -0.25) is 9.52 Å². The third-order valence-electron chi connectivity index (χ3n) is 6.33. The van der Waals surface area contributed by atoms with Crippen LogP contribution in [0.2, 0.25) is 0 Å².